The van der Waals surface area contributed by atoms with E-state index in [0.717, 1.165) is 12.1 Å². The Morgan fingerprint density at radius 1 is 1.13 bits per heavy atom. The van der Waals surface area contributed by atoms with Crippen LogP contribution < -0.4 is 10.2 Å². The quantitative estimate of drug-likeness (QED) is 0.405. The van der Waals surface area contributed by atoms with Gasteiger partial charge in [-0.25, -0.2) is 13.4 Å². The Morgan fingerprint density at radius 3 is 2.58 bits per heavy atom. The highest BCUT2D eigenvalue weighted by atomic mass is 32.2. The number of anilines is 2. The monoisotopic (exact) mass is 532 g/mol. The van der Waals surface area contributed by atoms with Gasteiger partial charge in [0.05, 0.1) is 11.1 Å². The van der Waals surface area contributed by atoms with Crippen molar-refractivity contribution in [3.05, 3.63) is 72.7 Å². The molecule has 0 radical (unpaired) electrons. The number of hydrogen-bond donors (Lipinski definition) is 1. The van der Waals surface area contributed by atoms with Gasteiger partial charge in [0, 0.05) is 55.6 Å². The molecule has 0 bridgehead atoms. The predicted molar refractivity (Wildman–Crippen MR) is 149 cm³/mol. The third-order valence-electron chi connectivity index (χ3n) is 6.98. The third-order valence-corrected chi connectivity index (χ3v) is 8.11. The lowest BCUT2D eigenvalue weighted by Crippen LogP contribution is -2.56. The average molecular weight is 533 g/mol. The highest BCUT2D eigenvalue weighted by molar-refractivity contribution is 7.90. The van der Waals surface area contributed by atoms with Crippen molar-refractivity contribution in [1.82, 2.24) is 19.3 Å². The minimum absolute atomic E-state index is 0.0168. The van der Waals surface area contributed by atoms with Crippen molar-refractivity contribution < 1.29 is 13.2 Å². The number of nitrogens with zero attached hydrogens (tertiary/aromatic N) is 5. The second-order valence-corrected chi connectivity index (χ2v) is 12.0. The van der Waals surface area contributed by atoms with Crippen LogP contribution in [0.5, 0.6) is 0 Å². The summed E-state index contributed by atoms with van der Waals surface area (Å²) in [5, 5.41) is 3.39. The van der Waals surface area contributed by atoms with Gasteiger partial charge in [-0.2, -0.15) is 0 Å². The number of hydrogen-bond acceptors (Lipinski definition) is 7. The molecule has 1 saturated heterocycles. The molecule has 0 saturated carbocycles. The van der Waals surface area contributed by atoms with Crippen LogP contribution in [0.4, 0.5) is 11.5 Å². The number of sulfone groups is 1. The van der Waals surface area contributed by atoms with Gasteiger partial charge in [0.15, 0.2) is 15.5 Å². The van der Waals surface area contributed by atoms with Crippen LogP contribution in [0.1, 0.15) is 19.4 Å². The van der Waals surface area contributed by atoms with Crippen LogP contribution in [-0.2, 0) is 14.6 Å². The van der Waals surface area contributed by atoms with Crippen molar-refractivity contribution in [2.45, 2.75) is 37.8 Å². The lowest BCUT2D eigenvalue weighted by atomic mass is 10.1. The summed E-state index contributed by atoms with van der Waals surface area (Å²) >= 11 is 0. The number of carbonyl (C=O) groups excluding carboxylic acids is 1. The third kappa shape index (κ3) is 5.08. The van der Waals surface area contributed by atoms with Crippen molar-refractivity contribution >= 4 is 32.9 Å². The molecule has 2 unspecified atom stereocenters. The van der Waals surface area contributed by atoms with Crippen LogP contribution in [0.25, 0.3) is 16.9 Å². The summed E-state index contributed by atoms with van der Waals surface area (Å²) in [6.07, 6.45) is 6.28. The number of aryl methyl sites for hydroxylation is 1. The molecule has 0 spiro atoms. The zero-order chi connectivity index (χ0) is 27.0. The number of fused-ring (bicyclic) bond motifs is 1. The SMILES string of the molecule is Cc1cccc(N2CCN(C(=O)C(C)Nc3c(-c4ccc(S(C)(=O)=O)cc4)nc4cnccn34)CC2C)c1. The first-order chi connectivity index (χ1) is 18.1. The van der Waals surface area contributed by atoms with E-state index < -0.39 is 15.9 Å². The minimum atomic E-state index is -3.31. The van der Waals surface area contributed by atoms with Gasteiger partial charge >= 0.3 is 0 Å². The molecule has 10 heteroatoms. The molecule has 2 aromatic heterocycles. The van der Waals surface area contributed by atoms with Crippen molar-refractivity contribution in [3.63, 3.8) is 0 Å². The Kier molecular flexibility index (Phi) is 6.83. The molecular formula is C28H32N6O3S. The van der Waals surface area contributed by atoms with Gasteiger partial charge in [0.2, 0.25) is 5.91 Å². The van der Waals surface area contributed by atoms with Gasteiger partial charge in [-0.15, -0.1) is 0 Å². The highest BCUT2D eigenvalue weighted by Crippen LogP contribution is 2.30. The van der Waals surface area contributed by atoms with Gasteiger partial charge in [-0.3, -0.25) is 14.2 Å². The fraction of sp³-hybridized carbons (Fsp3) is 0.321. The summed E-state index contributed by atoms with van der Waals surface area (Å²) in [7, 11) is -3.31. The molecule has 2 aromatic carbocycles. The summed E-state index contributed by atoms with van der Waals surface area (Å²) < 4.78 is 25.7. The topological polar surface area (TPSA) is 99.9 Å². The molecule has 9 nitrogen and oxygen atoms in total. The van der Waals surface area contributed by atoms with Crippen molar-refractivity contribution in [3.8, 4) is 11.3 Å². The summed E-state index contributed by atoms with van der Waals surface area (Å²) in [4.78, 5) is 26.9. The second-order valence-electron chi connectivity index (χ2n) is 9.94. The first-order valence-electron chi connectivity index (χ1n) is 12.6. The van der Waals surface area contributed by atoms with Crippen molar-refractivity contribution in [2.24, 2.45) is 0 Å². The standard InChI is InChI=1S/C28H32N6O3S/c1-19-6-5-7-23(16-19)33-15-14-32(18-20(33)2)28(35)21(3)30-27-26(31-25-17-29-12-13-34(25)27)22-8-10-24(11-9-22)38(4,36)37/h5-13,16-17,20-21,30H,14-15,18H2,1-4H3. The number of rotatable bonds is 6. The molecule has 1 aliphatic rings. The van der Waals surface area contributed by atoms with Gasteiger partial charge in [0.1, 0.15) is 17.6 Å². The molecule has 38 heavy (non-hydrogen) atoms. The number of nitrogens with one attached hydrogen (secondary N) is 1. The highest BCUT2D eigenvalue weighted by Gasteiger charge is 2.30. The van der Waals surface area contributed by atoms with E-state index in [1.165, 1.54) is 17.5 Å². The number of piperazine rings is 1. The molecule has 5 rings (SSSR count). The maximum absolute atomic E-state index is 13.5. The number of aromatic nitrogens is 3. The van der Waals surface area contributed by atoms with Crippen LogP contribution >= 0.6 is 0 Å². The lowest BCUT2D eigenvalue weighted by molar-refractivity contribution is -0.132. The van der Waals surface area contributed by atoms with E-state index >= 15 is 0 Å². The average Bonchev–Trinajstić information content (AvgIpc) is 3.26. The van der Waals surface area contributed by atoms with Crippen LogP contribution in [0.2, 0.25) is 0 Å². The summed E-state index contributed by atoms with van der Waals surface area (Å²) in [6, 6.07) is 14.7. The van der Waals surface area contributed by atoms with E-state index in [9.17, 15) is 13.2 Å². The zero-order valence-electron chi connectivity index (χ0n) is 22.0. The van der Waals surface area contributed by atoms with E-state index in [1.54, 1.807) is 42.9 Å². The van der Waals surface area contributed by atoms with E-state index in [0.29, 0.717) is 30.2 Å². The van der Waals surface area contributed by atoms with Gasteiger partial charge < -0.3 is 15.1 Å². The second kappa shape index (κ2) is 10.1. The molecule has 1 amide bonds. The predicted octanol–water partition coefficient (Wildman–Crippen LogP) is 3.65. The van der Waals surface area contributed by atoms with Crippen LogP contribution in [0, 0.1) is 6.92 Å². The molecule has 0 aliphatic carbocycles. The molecule has 2 atom stereocenters. The Labute approximate surface area is 223 Å². The normalized spacial score (nSPS) is 17.0. The van der Waals surface area contributed by atoms with E-state index in [2.05, 4.69) is 53.3 Å². The smallest absolute Gasteiger partial charge is 0.244 e. The van der Waals surface area contributed by atoms with E-state index in [-0.39, 0.29) is 16.8 Å². The van der Waals surface area contributed by atoms with Crippen LogP contribution in [-0.4, -0.2) is 71.6 Å². The van der Waals surface area contributed by atoms with Crippen LogP contribution in [0.15, 0.2) is 72.0 Å². The summed E-state index contributed by atoms with van der Waals surface area (Å²) in [6.45, 7) is 8.14. The van der Waals surface area contributed by atoms with Gasteiger partial charge in [-0.05, 0) is 50.6 Å². The van der Waals surface area contributed by atoms with E-state index in [1.807, 2.05) is 16.2 Å². The molecule has 1 fully saturated rings. The van der Waals surface area contributed by atoms with Crippen molar-refractivity contribution in [1.29, 1.82) is 0 Å². The van der Waals surface area contributed by atoms with Crippen molar-refractivity contribution in [2.75, 3.05) is 36.1 Å². The maximum atomic E-state index is 13.5. The molecule has 1 aliphatic heterocycles. The molecule has 3 heterocycles. The Morgan fingerprint density at radius 2 is 1.89 bits per heavy atom. The largest absolute Gasteiger partial charge is 0.365 e. The first-order valence-corrected chi connectivity index (χ1v) is 14.5. The number of imidazole rings is 1. The fourth-order valence-electron chi connectivity index (χ4n) is 4.99. The molecule has 4 aromatic rings. The molecular weight excluding hydrogens is 500 g/mol. The van der Waals surface area contributed by atoms with Gasteiger partial charge in [0.25, 0.3) is 0 Å². The van der Waals surface area contributed by atoms with E-state index in [4.69, 9.17) is 4.98 Å². The summed E-state index contributed by atoms with van der Waals surface area (Å²) in [5.41, 5.74) is 4.38. The number of benzene rings is 2. The summed E-state index contributed by atoms with van der Waals surface area (Å²) in [5.74, 6) is 0.671. The zero-order valence-corrected chi connectivity index (χ0v) is 22.8. The number of carbonyl (C=O) groups is 1. The lowest BCUT2D eigenvalue weighted by Gasteiger charge is -2.42. The maximum Gasteiger partial charge on any atom is 0.244 e. The first kappa shape index (κ1) is 25.7. The Bertz CT molecular complexity index is 1580. The van der Waals surface area contributed by atoms with Gasteiger partial charge in [-0.1, -0.05) is 24.3 Å². The fourth-order valence-corrected chi connectivity index (χ4v) is 5.63. The molecule has 1 N–H and O–H groups in total. The molecule has 198 valence electrons. The minimum Gasteiger partial charge on any atom is -0.365 e. The Hall–Kier alpha value is -3.92. The number of amides is 1. The Balaban J connectivity index is 1.37. The van der Waals surface area contributed by atoms with Crippen LogP contribution in [0.3, 0.4) is 0 Å².